The van der Waals surface area contributed by atoms with Crippen molar-refractivity contribution >= 4 is 38.8 Å². The van der Waals surface area contributed by atoms with Gasteiger partial charge in [0, 0.05) is 5.39 Å². The van der Waals surface area contributed by atoms with Crippen LogP contribution in [0.25, 0.3) is 10.9 Å². The standard InChI is InChI=1S/C21H21BrN2O4/c1-21(2,3)28-18(25)12-24-17-11-15(9-10-16(17)19(22)23-24)20(26)27-13-14-7-5-4-6-8-14/h4-11H,12-13H2,1-3H3. The summed E-state index contributed by atoms with van der Waals surface area (Å²) in [6.07, 6.45) is 0. The van der Waals surface area contributed by atoms with Crippen molar-refractivity contribution in [1.82, 2.24) is 9.78 Å². The number of esters is 2. The van der Waals surface area contributed by atoms with Crippen molar-refractivity contribution in [3.63, 3.8) is 0 Å². The van der Waals surface area contributed by atoms with E-state index in [1.54, 1.807) is 18.2 Å². The van der Waals surface area contributed by atoms with Crippen LogP contribution in [0.4, 0.5) is 0 Å². The predicted molar refractivity (Wildman–Crippen MR) is 109 cm³/mol. The Kier molecular flexibility index (Phi) is 5.84. The summed E-state index contributed by atoms with van der Waals surface area (Å²) in [5, 5.41) is 5.13. The lowest BCUT2D eigenvalue weighted by Gasteiger charge is -2.19. The van der Waals surface area contributed by atoms with Gasteiger partial charge in [-0.1, -0.05) is 30.3 Å². The molecule has 7 heteroatoms. The van der Waals surface area contributed by atoms with Crippen molar-refractivity contribution < 1.29 is 19.1 Å². The Morgan fingerprint density at radius 2 is 1.82 bits per heavy atom. The molecule has 0 atom stereocenters. The fraction of sp³-hybridized carbons (Fsp3) is 0.286. The van der Waals surface area contributed by atoms with Gasteiger partial charge in [-0.2, -0.15) is 5.10 Å². The fourth-order valence-corrected chi connectivity index (χ4v) is 3.21. The maximum Gasteiger partial charge on any atom is 0.338 e. The van der Waals surface area contributed by atoms with Gasteiger partial charge >= 0.3 is 11.9 Å². The summed E-state index contributed by atoms with van der Waals surface area (Å²) in [5.41, 5.74) is 1.37. The number of rotatable bonds is 5. The van der Waals surface area contributed by atoms with Gasteiger partial charge in [0.1, 0.15) is 23.4 Å². The fourth-order valence-electron chi connectivity index (χ4n) is 2.68. The normalized spacial score (nSPS) is 11.4. The van der Waals surface area contributed by atoms with Crippen LogP contribution in [-0.2, 0) is 27.4 Å². The summed E-state index contributed by atoms with van der Waals surface area (Å²) < 4.78 is 12.9. The summed E-state index contributed by atoms with van der Waals surface area (Å²) in [4.78, 5) is 24.6. The van der Waals surface area contributed by atoms with Crippen LogP contribution >= 0.6 is 15.9 Å². The molecule has 0 fully saturated rings. The average molecular weight is 445 g/mol. The van der Waals surface area contributed by atoms with E-state index < -0.39 is 17.5 Å². The first-order chi connectivity index (χ1) is 13.2. The van der Waals surface area contributed by atoms with E-state index >= 15 is 0 Å². The molecule has 1 aromatic heterocycles. The van der Waals surface area contributed by atoms with E-state index in [0.717, 1.165) is 10.9 Å². The number of fused-ring (bicyclic) bond motifs is 1. The highest BCUT2D eigenvalue weighted by Crippen LogP contribution is 2.25. The minimum Gasteiger partial charge on any atom is -0.459 e. The molecule has 2 aromatic carbocycles. The summed E-state index contributed by atoms with van der Waals surface area (Å²) >= 11 is 3.39. The number of benzene rings is 2. The third-order valence-electron chi connectivity index (χ3n) is 3.85. The monoisotopic (exact) mass is 444 g/mol. The second-order valence-electron chi connectivity index (χ2n) is 7.33. The molecule has 0 bridgehead atoms. The van der Waals surface area contributed by atoms with E-state index in [9.17, 15) is 9.59 Å². The summed E-state index contributed by atoms with van der Waals surface area (Å²) in [5.74, 6) is -0.839. The van der Waals surface area contributed by atoms with Crippen LogP contribution in [0.15, 0.2) is 53.1 Å². The van der Waals surface area contributed by atoms with Crippen LogP contribution in [-0.4, -0.2) is 27.3 Å². The Bertz CT molecular complexity index is 1010. The second-order valence-corrected chi connectivity index (χ2v) is 8.08. The summed E-state index contributed by atoms with van der Waals surface area (Å²) in [7, 11) is 0. The van der Waals surface area contributed by atoms with Crippen molar-refractivity contribution in [2.75, 3.05) is 0 Å². The van der Waals surface area contributed by atoms with Crippen molar-refractivity contribution in [2.45, 2.75) is 39.5 Å². The van der Waals surface area contributed by atoms with Crippen molar-refractivity contribution in [1.29, 1.82) is 0 Å². The molecule has 3 rings (SSSR count). The highest BCUT2D eigenvalue weighted by molar-refractivity contribution is 9.10. The molecule has 0 saturated carbocycles. The second kappa shape index (κ2) is 8.14. The zero-order valence-electron chi connectivity index (χ0n) is 15.9. The number of hydrogen-bond donors (Lipinski definition) is 0. The topological polar surface area (TPSA) is 70.4 Å². The molecule has 0 aliphatic rings. The molecule has 0 spiro atoms. The van der Waals surface area contributed by atoms with Gasteiger partial charge in [0.15, 0.2) is 0 Å². The van der Waals surface area contributed by atoms with Crippen LogP contribution in [0.3, 0.4) is 0 Å². The van der Waals surface area contributed by atoms with Crippen LogP contribution in [0.1, 0.15) is 36.7 Å². The minimum atomic E-state index is -0.580. The lowest BCUT2D eigenvalue weighted by atomic mass is 10.1. The van der Waals surface area contributed by atoms with Crippen molar-refractivity contribution in [2.24, 2.45) is 0 Å². The van der Waals surface area contributed by atoms with Gasteiger partial charge < -0.3 is 9.47 Å². The Labute approximate surface area is 171 Å². The number of aromatic nitrogens is 2. The lowest BCUT2D eigenvalue weighted by molar-refractivity contribution is -0.155. The molecule has 1 heterocycles. The molecule has 3 aromatic rings. The molecule has 0 saturated heterocycles. The SMILES string of the molecule is CC(C)(C)OC(=O)Cn1nc(Br)c2ccc(C(=O)OCc3ccccc3)cc21. The smallest absolute Gasteiger partial charge is 0.338 e. The van der Waals surface area contributed by atoms with Crippen molar-refractivity contribution in [3.8, 4) is 0 Å². The van der Waals surface area contributed by atoms with Gasteiger partial charge in [-0.25, -0.2) is 4.79 Å². The summed E-state index contributed by atoms with van der Waals surface area (Å²) in [6.45, 7) is 5.56. The van der Waals surface area contributed by atoms with E-state index in [1.165, 1.54) is 4.68 Å². The molecule has 0 aliphatic heterocycles. The number of hydrogen-bond acceptors (Lipinski definition) is 5. The molecule has 28 heavy (non-hydrogen) atoms. The zero-order valence-corrected chi connectivity index (χ0v) is 17.5. The minimum absolute atomic E-state index is 0.0537. The Morgan fingerprint density at radius 3 is 2.50 bits per heavy atom. The van der Waals surface area contributed by atoms with Crippen LogP contribution in [0.5, 0.6) is 0 Å². The third kappa shape index (κ3) is 4.98. The highest BCUT2D eigenvalue weighted by Gasteiger charge is 2.19. The highest BCUT2D eigenvalue weighted by atomic mass is 79.9. The van der Waals surface area contributed by atoms with Gasteiger partial charge in [-0.3, -0.25) is 9.48 Å². The third-order valence-corrected chi connectivity index (χ3v) is 4.44. The maximum atomic E-state index is 12.4. The molecule has 0 aliphatic carbocycles. The van der Waals surface area contributed by atoms with Gasteiger partial charge in [-0.15, -0.1) is 0 Å². The number of carbonyl (C=O) groups is 2. The first-order valence-electron chi connectivity index (χ1n) is 8.82. The van der Waals surface area contributed by atoms with Gasteiger partial charge in [0.05, 0.1) is 11.1 Å². The van der Waals surface area contributed by atoms with Gasteiger partial charge in [0.2, 0.25) is 0 Å². The van der Waals surface area contributed by atoms with Crippen LogP contribution in [0, 0.1) is 0 Å². The molecule has 6 nitrogen and oxygen atoms in total. The number of halogens is 1. The van der Waals surface area contributed by atoms with E-state index in [-0.39, 0.29) is 13.2 Å². The molecule has 146 valence electrons. The molecule has 0 N–H and O–H groups in total. The molecular formula is C21H21BrN2O4. The molecule has 0 amide bonds. The molecule has 0 unspecified atom stereocenters. The average Bonchev–Trinajstić information content (AvgIpc) is 2.94. The Hall–Kier alpha value is -2.67. The van der Waals surface area contributed by atoms with Gasteiger partial charge in [0.25, 0.3) is 0 Å². The predicted octanol–water partition coefficient (Wildman–Crippen LogP) is 4.50. The Morgan fingerprint density at radius 1 is 1.11 bits per heavy atom. The number of carbonyl (C=O) groups excluding carboxylic acids is 2. The van der Waals surface area contributed by atoms with Crippen LogP contribution in [0.2, 0.25) is 0 Å². The zero-order chi connectivity index (χ0) is 20.3. The number of nitrogens with zero attached hydrogens (tertiary/aromatic N) is 2. The molecule has 0 radical (unpaired) electrons. The van der Waals surface area contributed by atoms with Crippen LogP contribution < -0.4 is 0 Å². The van der Waals surface area contributed by atoms with E-state index in [2.05, 4.69) is 21.0 Å². The molecular weight excluding hydrogens is 424 g/mol. The quantitative estimate of drug-likeness (QED) is 0.541. The first kappa shape index (κ1) is 20.1. The Balaban J connectivity index is 1.79. The summed E-state index contributed by atoms with van der Waals surface area (Å²) in [6, 6.07) is 14.6. The van der Waals surface area contributed by atoms with E-state index in [1.807, 2.05) is 51.1 Å². The number of ether oxygens (including phenoxy) is 2. The van der Waals surface area contributed by atoms with Gasteiger partial charge in [-0.05, 0) is 60.5 Å². The maximum absolute atomic E-state index is 12.4. The lowest BCUT2D eigenvalue weighted by Crippen LogP contribution is -2.26. The first-order valence-corrected chi connectivity index (χ1v) is 9.61. The van der Waals surface area contributed by atoms with E-state index in [4.69, 9.17) is 9.47 Å². The largest absolute Gasteiger partial charge is 0.459 e. The van der Waals surface area contributed by atoms with E-state index in [0.29, 0.717) is 15.7 Å². The van der Waals surface area contributed by atoms with Crippen molar-refractivity contribution in [3.05, 3.63) is 64.3 Å².